The van der Waals surface area contributed by atoms with Gasteiger partial charge < -0.3 is 14.5 Å². The fraction of sp³-hybridized carbons (Fsp3) is 0.481. The van der Waals surface area contributed by atoms with Gasteiger partial charge >= 0.3 is 0 Å². The van der Waals surface area contributed by atoms with E-state index >= 15 is 0 Å². The highest BCUT2D eigenvalue weighted by Gasteiger charge is 2.34. The van der Waals surface area contributed by atoms with Crippen molar-refractivity contribution < 1.29 is 13.9 Å². The van der Waals surface area contributed by atoms with Crippen LogP contribution in [0.5, 0.6) is 11.5 Å². The van der Waals surface area contributed by atoms with Crippen LogP contribution in [0.4, 0.5) is 4.39 Å². The summed E-state index contributed by atoms with van der Waals surface area (Å²) in [7, 11) is 1.74. The summed E-state index contributed by atoms with van der Waals surface area (Å²) in [5, 5.41) is 1.04. The lowest BCUT2D eigenvalue weighted by atomic mass is 9.80. The topological polar surface area (TPSA) is 37.5 Å². The first-order chi connectivity index (χ1) is 15.7. The molecule has 1 aromatic heterocycles. The summed E-state index contributed by atoms with van der Waals surface area (Å²) in [6.45, 7) is 4.09. The summed E-state index contributed by atoms with van der Waals surface area (Å²) in [6, 6.07) is 12.1. The van der Waals surface area contributed by atoms with Crippen molar-refractivity contribution in [1.29, 1.82) is 0 Å². The molecule has 1 aliphatic carbocycles. The van der Waals surface area contributed by atoms with Gasteiger partial charge in [-0.1, -0.05) is 13.0 Å². The first kappa shape index (κ1) is 21.3. The van der Waals surface area contributed by atoms with Crippen molar-refractivity contribution in [2.75, 3.05) is 20.3 Å². The number of fused-ring (bicyclic) bond motifs is 2. The molecule has 4 nitrogen and oxygen atoms in total. The summed E-state index contributed by atoms with van der Waals surface area (Å²) < 4.78 is 25.6. The van der Waals surface area contributed by atoms with Crippen LogP contribution in [0.15, 0.2) is 42.6 Å². The van der Waals surface area contributed by atoms with Crippen molar-refractivity contribution in [2.45, 2.75) is 63.5 Å². The van der Waals surface area contributed by atoms with Gasteiger partial charge in [0.1, 0.15) is 23.9 Å². The Hall–Kier alpha value is -2.53. The van der Waals surface area contributed by atoms with Crippen LogP contribution in [0.3, 0.4) is 0 Å². The lowest BCUT2D eigenvalue weighted by Gasteiger charge is -2.43. The molecular weight excluding hydrogens is 403 g/mol. The highest BCUT2D eigenvalue weighted by Crippen LogP contribution is 2.40. The summed E-state index contributed by atoms with van der Waals surface area (Å²) >= 11 is 0. The molecule has 5 rings (SSSR count). The minimum Gasteiger partial charge on any atom is -0.496 e. The molecule has 1 atom stereocenters. The van der Waals surface area contributed by atoms with Gasteiger partial charge in [-0.05, 0) is 86.9 Å². The average molecular weight is 437 g/mol. The zero-order valence-corrected chi connectivity index (χ0v) is 19.1. The highest BCUT2D eigenvalue weighted by atomic mass is 19.1. The molecule has 0 amide bonds. The minimum atomic E-state index is -0.158. The van der Waals surface area contributed by atoms with Gasteiger partial charge in [0, 0.05) is 34.7 Å². The van der Waals surface area contributed by atoms with Gasteiger partial charge in [0.25, 0.3) is 0 Å². The van der Waals surface area contributed by atoms with Gasteiger partial charge in [0.2, 0.25) is 0 Å². The third kappa shape index (κ3) is 3.99. The van der Waals surface area contributed by atoms with Crippen LogP contribution >= 0.6 is 0 Å². The van der Waals surface area contributed by atoms with E-state index in [1.54, 1.807) is 13.2 Å². The minimum absolute atomic E-state index is 0.158. The molecule has 1 fully saturated rings. The molecule has 2 aromatic carbocycles. The molecule has 0 radical (unpaired) electrons. The number of hydrogen-bond donors (Lipinski definition) is 1. The van der Waals surface area contributed by atoms with Gasteiger partial charge in [-0.3, -0.25) is 4.90 Å². The highest BCUT2D eigenvalue weighted by molar-refractivity contribution is 5.83. The van der Waals surface area contributed by atoms with Crippen molar-refractivity contribution in [3.8, 4) is 11.5 Å². The first-order valence-corrected chi connectivity index (χ1v) is 12.0. The number of nitrogens with one attached hydrogen (secondary N) is 1. The molecule has 1 N–H and O–H groups in total. The fourth-order valence-corrected chi connectivity index (χ4v) is 5.86. The number of H-pyrrole nitrogens is 1. The molecule has 0 spiro atoms. The molecule has 32 heavy (non-hydrogen) atoms. The van der Waals surface area contributed by atoms with Crippen LogP contribution in [-0.2, 0) is 6.42 Å². The average Bonchev–Trinajstić information content (AvgIpc) is 3.25. The fourth-order valence-electron chi connectivity index (χ4n) is 5.86. The summed E-state index contributed by atoms with van der Waals surface area (Å²) in [5.74, 6) is 2.23. The van der Waals surface area contributed by atoms with Crippen LogP contribution in [0, 0.1) is 5.82 Å². The molecular formula is C27H33FN2O2. The third-order valence-corrected chi connectivity index (χ3v) is 7.41. The predicted molar refractivity (Wildman–Crippen MR) is 126 cm³/mol. The zero-order valence-electron chi connectivity index (χ0n) is 19.1. The van der Waals surface area contributed by atoms with E-state index in [1.807, 2.05) is 24.3 Å². The second kappa shape index (κ2) is 9.14. The molecule has 1 saturated carbocycles. The molecule has 2 aliphatic rings. The molecule has 0 bridgehead atoms. The van der Waals surface area contributed by atoms with Gasteiger partial charge in [-0.15, -0.1) is 0 Å². The first-order valence-electron chi connectivity index (χ1n) is 12.0. The number of aromatic amines is 1. The quantitative estimate of drug-likeness (QED) is 0.511. The largest absolute Gasteiger partial charge is 0.496 e. The van der Waals surface area contributed by atoms with Crippen LogP contribution in [-0.4, -0.2) is 42.2 Å². The van der Waals surface area contributed by atoms with E-state index in [9.17, 15) is 4.39 Å². The molecule has 1 aliphatic heterocycles. The number of methoxy groups -OCH3 is 1. The Morgan fingerprint density at radius 1 is 1.12 bits per heavy atom. The normalized spacial score (nSPS) is 23.2. The van der Waals surface area contributed by atoms with Crippen molar-refractivity contribution in [1.82, 2.24) is 9.88 Å². The molecule has 1 unspecified atom stereocenters. The van der Waals surface area contributed by atoms with E-state index in [0.717, 1.165) is 61.2 Å². The predicted octanol–water partition coefficient (Wildman–Crippen LogP) is 6.06. The van der Waals surface area contributed by atoms with E-state index < -0.39 is 0 Å². The SMILES string of the molecule is CCCN(C1COc2cccc(OC)c2C1)[C@H]1CC[C@H](c2c[nH]c3ccc(F)cc32)CC1. The standard InChI is InChI=1S/C27H33FN2O2/c1-3-13-30(21-15-23-26(31-2)5-4-6-27(23)32-17-21)20-10-7-18(8-11-20)24-16-29-25-12-9-19(28)14-22(24)25/h4-6,9,12,14,16,18,20-21,29H,3,7-8,10-11,13,15,17H2,1-2H3/t18-,20-,21?. The number of nitrogens with zero attached hydrogens (tertiary/aromatic N) is 1. The van der Waals surface area contributed by atoms with Crippen molar-refractivity contribution in [3.05, 3.63) is 59.5 Å². The van der Waals surface area contributed by atoms with Crippen LogP contribution < -0.4 is 9.47 Å². The molecule has 2 heterocycles. The smallest absolute Gasteiger partial charge is 0.126 e. The van der Waals surface area contributed by atoms with Crippen LogP contribution in [0.1, 0.15) is 56.1 Å². The number of benzene rings is 2. The Kier molecular flexibility index (Phi) is 6.09. The number of rotatable bonds is 6. The Morgan fingerprint density at radius 2 is 1.97 bits per heavy atom. The Labute approximate surface area is 189 Å². The van der Waals surface area contributed by atoms with Gasteiger partial charge in [0.05, 0.1) is 7.11 Å². The van der Waals surface area contributed by atoms with Gasteiger partial charge in [0.15, 0.2) is 0 Å². The number of ether oxygens (including phenoxy) is 2. The number of aromatic nitrogens is 1. The zero-order chi connectivity index (χ0) is 22.1. The molecule has 0 saturated heterocycles. The van der Waals surface area contributed by atoms with Gasteiger partial charge in [-0.25, -0.2) is 4.39 Å². The maximum absolute atomic E-state index is 13.8. The summed E-state index contributed by atoms with van der Waals surface area (Å²) in [4.78, 5) is 6.03. The van der Waals surface area contributed by atoms with E-state index in [0.29, 0.717) is 18.0 Å². The van der Waals surface area contributed by atoms with Crippen LogP contribution in [0.25, 0.3) is 10.9 Å². The molecule has 5 heteroatoms. The van der Waals surface area contributed by atoms with E-state index in [4.69, 9.17) is 9.47 Å². The Bertz CT molecular complexity index is 1060. The second-order valence-electron chi connectivity index (χ2n) is 9.28. The number of hydrogen-bond acceptors (Lipinski definition) is 3. The van der Waals surface area contributed by atoms with Gasteiger partial charge in [-0.2, -0.15) is 0 Å². The lowest BCUT2D eigenvalue weighted by molar-refractivity contribution is 0.0588. The number of halogens is 1. The van der Waals surface area contributed by atoms with Crippen molar-refractivity contribution in [2.24, 2.45) is 0 Å². The second-order valence-corrected chi connectivity index (χ2v) is 9.28. The monoisotopic (exact) mass is 436 g/mol. The summed E-state index contributed by atoms with van der Waals surface area (Å²) in [5.41, 5.74) is 3.50. The summed E-state index contributed by atoms with van der Waals surface area (Å²) in [6.07, 6.45) is 8.82. The molecule has 170 valence electrons. The lowest BCUT2D eigenvalue weighted by Crippen LogP contribution is -2.50. The Balaban J connectivity index is 1.30. The maximum atomic E-state index is 13.8. The van der Waals surface area contributed by atoms with E-state index in [-0.39, 0.29) is 5.82 Å². The maximum Gasteiger partial charge on any atom is 0.126 e. The van der Waals surface area contributed by atoms with Crippen molar-refractivity contribution in [3.63, 3.8) is 0 Å². The Morgan fingerprint density at radius 3 is 2.75 bits per heavy atom. The van der Waals surface area contributed by atoms with E-state index in [1.165, 1.54) is 30.0 Å². The van der Waals surface area contributed by atoms with Crippen molar-refractivity contribution >= 4 is 10.9 Å². The van der Waals surface area contributed by atoms with E-state index in [2.05, 4.69) is 23.0 Å². The van der Waals surface area contributed by atoms with Crippen LogP contribution in [0.2, 0.25) is 0 Å². The molecule has 3 aromatic rings. The third-order valence-electron chi connectivity index (χ3n) is 7.41.